The molecule has 1 aromatic carbocycles. The van der Waals surface area contributed by atoms with E-state index in [-0.39, 0.29) is 51.4 Å². The van der Waals surface area contributed by atoms with Gasteiger partial charge in [-0.15, -0.1) is 12.7 Å². The zero-order chi connectivity index (χ0) is 7.40. The third kappa shape index (κ3) is 3.23. The van der Waals surface area contributed by atoms with E-state index in [1.165, 1.54) is 0 Å². The van der Waals surface area contributed by atoms with Crippen molar-refractivity contribution in [3.8, 4) is 0 Å². The van der Waals surface area contributed by atoms with Crippen molar-refractivity contribution in [1.29, 1.82) is 0 Å². The number of para-hydroxylation sites is 1. The number of hydrogen-bond donors (Lipinski definition) is 1. The van der Waals surface area contributed by atoms with Gasteiger partial charge in [-0.2, -0.15) is 0 Å². The van der Waals surface area contributed by atoms with Crippen LogP contribution in [-0.2, 0) is 6.54 Å². The van der Waals surface area contributed by atoms with E-state index >= 15 is 0 Å². The van der Waals surface area contributed by atoms with Crippen LogP contribution < -0.4 is 57.1 Å². The Hall–Kier alpha value is 0.616. The zero-order valence-corrected chi connectivity index (χ0v) is 10.2. The smallest absolute Gasteiger partial charge is 0.687 e. The quantitative estimate of drug-likeness (QED) is 0.561. The third-order valence-corrected chi connectivity index (χ3v) is 1.45. The average molecular weight is 174 g/mol. The van der Waals surface area contributed by atoms with Gasteiger partial charge >= 0.3 is 51.4 Å². The molecule has 2 nitrogen and oxygen atoms in total. The Kier molecular flexibility index (Phi) is 6.51. The molecule has 3 heteroatoms. The van der Waals surface area contributed by atoms with Gasteiger partial charge in [0.25, 0.3) is 0 Å². The first-order valence-corrected chi connectivity index (χ1v) is 3.26. The van der Waals surface area contributed by atoms with Gasteiger partial charge in [-0.05, 0) is 5.56 Å². The molecule has 0 bridgehead atoms. The van der Waals surface area contributed by atoms with E-state index in [0.717, 1.165) is 11.3 Å². The second-order valence-electron chi connectivity index (χ2n) is 2.06. The summed E-state index contributed by atoms with van der Waals surface area (Å²) in [6.07, 6.45) is 0. The Bertz CT molecular complexity index is 190. The Labute approximate surface area is 110 Å². The summed E-state index contributed by atoms with van der Waals surface area (Å²) in [6.45, 7) is 0.563. The van der Waals surface area contributed by atoms with E-state index in [0.29, 0.717) is 6.54 Å². The predicted octanol–water partition coefficient (Wildman–Crippen LogP) is -1.22. The SMILES string of the molecule is C[N-]c1ccccc1CN.[K+]. The van der Waals surface area contributed by atoms with Gasteiger partial charge in [0.1, 0.15) is 0 Å². The molecule has 0 spiro atoms. The van der Waals surface area contributed by atoms with Crippen LogP contribution in [-0.4, -0.2) is 7.05 Å². The molecule has 0 aliphatic heterocycles. The molecule has 0 fully saturated rings. The van der Waals surface area contributed by atoms with Crippen molar-refractivity contribution >= 4 is 5.69 Å². The van der Waals surface area contributed by atoms with E-state index in [4.69, 9.17) is 5.73 Å². The van der Waals surface area contributed by atoms with Gasteiger partial charge in [0.2, 0.25) is 0 Å². The van der Waals surface area contributed by atoms with Crippen molar-refractivity contribution in [2.24, 2.45) is 5.73 Å². The first-order valence-electron chi connectivity index (χ1n) is 3.26. The van der Waals surface area contributed by atoms with E-state index in [1.54, 1.807) is 7.05 Å². The topological polar surface area (TPSA) is 40.1 Å². The van der Waals surface area contributed by atoms with Crippen molar-refractivity contribution in [3.63, 3.8) is 0 Å². The summed E-state index contributed by atoms with van der Waals surface area (Å²) in [7, 11) is 1.77. The van der Waals surface area contributed by atoms with Crippen LogP contribution >= 0.6 is 0 Å². The van der Waals surface area contributed by atoms with E-state index in [1.807, 2.05) is 24.3 Å². The van der Waals surface area contributed by atoms with E-state index in [9.17, 15) is 0 Å². The van der Waals surface area contributed by atoms with Crippen LogP contribution in [0, 0.1) is 0 Å². The maximum absolute atomic E-state index is 5.47. The minimum absolute atomic E-state index is 0. The van der Waals surface area contributed by atoms with Gasteiger partial charge in [-0.25, -0.2) is 0 Å². The summed E-state index contributed by atoms with van der Waals surface area (Å²) < 4.78 is 0. The number of hydrogen-bond acceptors (Lipinski definition) is 1. The summed E-state index contributed by atoms with van der Waals surface area (Å²) in [6, 6.07) is 7.88. The molecule has 0 unspecified atom stereocenters. The monoisotopic (exact) mass is 174 g/mol. The summed E-state index contributed by atoms with van der Waals surface area (Å²) in [4.78, 5) is 0. The molecule has 1 aromatic rings. The maximum Gasteiger partial charge on any atom is 1.00 e. The van der Waals surface area contributed by atoms with Gasteiger partial charge in [0.15, 0.2) is 0 Å². The van der Waals surface area contributed by atoms with Crippen LogP contribution in [0.3, 0.4) is 0 Å². The third-order valence-electron chi connectivity index (χ3n) is 1.45. The molecule has 0 aromatic heterocycles. The summed E-state index contributed by atoms with van der Waals surface area (Å²) in [5, 5.41) is 4.06. The molecular formula is C8H11KN2. The van der Waals surface area contributed by atoms with Crippen LogP contribution in [0.2, 0.25) is 0 Å². The fourth-order valence-corrected chi connectivity index (χ4v) is 0.902. The Balaban J connectivity index is 0.000001000. The van der Waals surface area contributed by atoms with Crippen molar-refractivity contribution in [3.05, 3.63) is 35.1 Å². The summed E-state index contributed by atoms with van der Waals surface area (Å²) in [5.74, 6) is 0. The number of rotatable bonds is 2. The van der Waals surface area contributed by atoms with Gasteiger partial charge in [0, 0.05) is 6.54 Å². The Morgan fingerprint density at radius 1 is 1.36 bits per heavy atom. The Morgan fingerprint density at radius 3 is 2.45 bits per heavy atom. The zero-order valence-electron chi connectivity index (χ0n) is 7.04. The van der Waals surface area contributed by atoms with Crippen LogP contribution in [0.1, 0.15) is 5.56 Å². The molecule has 0 aliphatic rings. The minimum atomic E-state index is 0. The molecule has 0 radical (unpaired) electrons. The molecule has 54 valence electrons. The van der Waals surface area contributed by atoms with Crippen LogP contribution in [0.25, 0.3) is 5.32 Å². The molecular weight excluding hydrogens is 163 g/mol. The van der Waals surface area contributed by atoms with Gasteiger partial charge in [-0.3, -0.25) is 0 Å². The largest absolute Gasteiger partial charge is 1.00 e. The number of nitrogens with two attached hydrogens (primary N) is 1. The first kappa shape index (κ1) is 11.6. The minimum Gasteiger partial charge on any atom is -0.687 e. The molecule has 2 N–H and O–H groups in total. The Morgan fingerprint density at radius 2 is 2.00 bits per heavy atom. The van der Waals surface area contributed by atoms with E-state index < -0.39 is 0 Å². The normalized spacial score (nSPS) is 8.55. The second-order valence-corrected chi connectivity index (χ2v) is 2.06. The number of benzene rings is 1. The molecule has 0 heterocycles. The summed E-state index contributed by atoms with van der Waals surface area (Å²) in [5.41, 5.74) is 7.56. The number of nitrogens with zero attached hydrogens (tertiary/aromatic N) is 1. The fourth-order valence-electron chi connectivity index (χ4n) is 0.902. The van der Waals surface area contributed by atoms with Crippen molar-refractivity contribution in [2.45, 2.75) is 6.54 Å². The molecule has 11 heavy (non-hydrogen) atoms. The maximum atomic E-state index is 5.47. The van der Waals surface area contributed by atoms with Crippen molar-refractivity contribution in [2.75, 3.05) is 7.05 Å². The molecule has 0 atom stereocenters. The van der Waals surface area contributed by atoms with Gasteiger partial charge in [0.05, 0.1) is 0 Å². The predicted molar refractivity (Wildman–Crippen MR) is 43.3 cm³/mol. The first-order chi connectivity index (χ1) is 4.88. The van der Waals surface area contributed by atoms with Crippen molar-refractivity contribution in [1.82, 2.24) is 0 Å². The van der Waals surface area contributed by atoms with Gasteiger partial charge in [-0.1, -0.05) is 24.3 Å². The van der Waals surface area contributed by atoms with E-state index in [2.05, 4.69) is 5.32 Å². The molecule has 0 saturated heterocycles. The van der Waals surface area contributed by atoms with Gasteiger partial charge < -0.3 is 11.1 Å². The average Bonchev–Trinajstić information content (AvgIpc) is 2.04. The molecule has 0 saturated carbocycles. The standard InChI is InChI=1S/C8H11N2.K/c1-10-8-5-3-2-4-7(8)6-9;/h2-5H,6,9H2,1H3;/q-1;+1. The van der Waals surface area contributed by atoms with Crippen molar-refractivity contribution < 1.29 is 51.4 Å². The van der Waals surface area contributed by atoms with Crippen LogP contribution in [0.5, 0.6) is 0 Å². The fraction of sp³-hybridized carbons (Fsp3) is 0.250. The second kappa shape index (κ2) is 6.17. The molecule has 0 aliphatic carbocycles. The van der Waals surface area contributed by atoms with Crippen LogP contribution in [0.15, 0.2) is 24.3 Å². The molecule has 0 amide bonds. The molecule has 1 rings (SSSR count). The van der Waals surface area contributed by atoms with Crippen LogP contribution in [0.4, 0.5) is 5.69 Å². The summed E-state index contributed by atoms with van der Waals surface area (Å²) >= 11 is 0.